The van der Waals surface area contributed by atoms with Crippen LogP contribution in [0.1, 0.15) is 12.5 Å². The summed E-state index contributed by atoms with van der Waals surface area (Å²) in [5, 5.41) is 0. The Bertz CT molecular complexity index is 609. The maximum absolute atomic E-state index is 5.88. The van der Waals surface area contributed by atoms with Crippen LogP contribution in [0.3, 0.4) is 0 Å². The van der Waals surface area contributed by atoms with Crippen LogP contribution in [-0.2, 0) is 6.42 Å². The minimum Gasteiger partial charge on any atom is -0.495 e. The summed E-state index contributed by atoms with van der Waals surface area (Å²) in [6.07, 6.45) is 1.07. The molecule has 0 saturated carbocycles. The van der Waals surface area contributed by atoms with Crippen molar-refractivity contribution in [2.75, 3.05) is 17.7 Å². The molecule has 19 heavy (non-hydrogen) atoms. The van der Waals surface area contributed by atoms with Crippen molar-refractivity contribution < 1.29 is 4.74 Å². The van der Waals surface area contributed by atoms with E-state index in [2.05, 4.69) is 42.2 Å². The summed E-state index contributed by atoms with van der Waals surface area (Å²) >= 11 is 0. The molecule has 2 aromatic carbocycles. The molecule has 0 spiro atoms. The molecule has 3 rings (SSSR count). The van der Waals surface area contributed by atoms with Crippen molar-refractivity contribution in [1.82, 2.24) is 0 Å². The topological polar surface area (TPSA) is 38.5 Å². The molecule has 0 bridgehead atoms. The van der Waals surface area contributed by atoms with Crippen molar-refractivity contribution in [3.8, 4) is 5.75 Å². The van der Waals surface area contributed by atoms with Gasteiger partial charge in [-0.3, -0.25) is 0 Å². The van der Waals surface area contributed by atoms with Crippen LogP contribution in [0.5, 0.6) is 5.75 Å². The van der Waals surface area contributed by atoms with Gasteiger partial charge in [-0.05, 0) is 37.1 Å². The fourth-order valence-corrected chi connectivity index (χ4v) is 2.81. The van der Waals surface area contributed by atoms with Crippen LogP contribution in [-0.4, -0.2) is 13.2 Å². The number of hydrogen-bond donors (Lipinski definition) is 1. The summed E-state index contributed by atoms with van der Waals surface area (Å²) in [5.74, 6) is 0.731. The molecule has 2 aromatic rings. The Morgan fingerprint density at radius 2 is 2.00 bits per heavy atom. The zero-order chi connectivity index (χ0) is 13.4. The number of fused-ring (bicyclic) bond motifs is 1. The molecule has 0 fully saturated rings. The first-order chi connectivity index (χ1) is 9.20. The molecule has 98 valence electrons. The Morgan fingerprint density at radius 1 is 1.21 bits per heavy atom. The van der Waals surface area contributed by atoms with Crippen molar-refractivity contribution in [3.05, 3.63) is 48.0 Å². The lowest BCUT2D eigenvalue weighted by molar-refractivity contribution is 0.417. The van der Waals surface area contributed by atoms with Crippen LogP contribution in [0.15, 0.2) is 42.5 Å². The molecule has 0 radical (unpaired) electrons. The van der Waals surface area contributed by atoms with E-state index in [1.807, 2.05) is 12.1 Å². The first kappa shape index (κ1) is 11.9. The van der Waals surface area contributed by atoms with E-state index in [-0.39, 0.29) is 0 Å². The van der Waals surface area contributed by atoms with Gasteiger partial charge in [0, 0.05) is 23.5 Å². The highest BCUT2D eigenvalue weighted by atomic mass is 16.5. The summed E-state index contributed by atoms with van der Waals surface area (Å²) in [7, 11) is 1.65. The normalized spacial score (nSPS) is 17.4. The number of hydrogen-bond acceptors (Lipinski definition) is 3. The number of nitrogens with zero attached hydrogens (tertiary/aromatic N) is 1. The predicted molar refractivity (Wildman–Crippen MR) is 79.2 cm³/mol. The summed E-state index contributed by atoms with van der Waals surface area (Å²) < 4.78 is 5.32. The molecular formula is C16H18N2O. The molecule has 3 heteroatoms. The van der Waals surface area contributed by atoms with Crippen molar-refractivity contribution in [2.45, 2.75) is 19.4 Å². The molecule has 3 nitrogen and oxygen atoms in total. The highest BCUT2D eigenvalue weighted by molar-refractivity contribution is 5.74. The number of methoxy groups -OCH3 is 1. The van der Waals surface area contributed by atoms with E-state index in [4.69, 9.17) is 10.5 Å². The lowest BCUT2D eigenvalue weighted by Gasteiger charge is -2.25. The van der Waals surface area contributed by atoms with E-state index < -0.39 is 0 Å². The number of anilines is 3. The summed E-state index contributed by atoms with van der Waals surface area (Å²) in [4.78, 5) is 2.34. The third-order valence-electron chi connectivity index (χ3n) is 3.70. The second kappa shape index (κ2) is 4.50. The number of nitrogen functional groups attached to an aromatic ring is 1. The maximum Gasteiger partial charge on any atom is 0.143 e. The van der Waals surface area contributed by atoms with Crippen LogP contribution in [0, 0.1) is 0 Å². The minimum atomic E-state index is 0.450. The highest BCUT2D eigenvalue weighted by Gasteiger charge is 2.27. The van der Waals surface area contributed by atoms with Crippen molar-refractivity contribution >= 4 is 17.1 Å². The molecule has 1 heterocycles. The highest BCUT2D eigenvalue weighted by Crippen LogP contribution is 2.40. The van der Waals surface area contributed by atoms with Gasteiger partial charge >= 0.3 is 0 Å². The zero-order valence-corrected chi connectivity index (χ0v) is 11.3. The summed E-state index contributed by atoms with van der Waals surface area (Å²) in [6, 6.07) is 15.0. The average molecular weight is 254 g/mol. The number of rotatable bonds is 2. The van der Waals surface area contributed by atoms with Gasteiger partial charge in [0.05, 0.1) is 12.8 Å². The van der Waals surface area contributed by atoms with E-state index in [1.54, 1.807) is 7.11 Å². The van der Waals surface area contributed by atoms with Gasteiger partial charge < -0.3 is 15.4 Å². The fourth-order valence-electron chi connectivity index (χ4n) is 2.81. The largest absolute Gasteiger partial charge is 0.495 e. The van der Waals surface area contributed by atoms with Crippen LogP contribution in [0.25, 0.3) is 0 Å². The summed E-state index contributed by atoms with van der Waals surface area (Å²) in [6.45, 7) is 2.24. The predicted octanol–water partition coefficient (Wildman–Crippen LogP) is 3.36. The number of para-hydroxylation sites is 1. The van der Waals surface area contributed by atoms with Crippen LogP contribution < -0.4 is 15.4 Å². The average Bonchev–Trinajstić information content (AvgIpc) is 2.75. The third kappa shape index (κ3) is 1.91. The Balaban J connectivity index is 2.07. The lowest BCUT2D eigenvalue weighted by Crippen LogP contribution is -2.23. The van der Waals surface area contributed by atoms with E-state index in [0.717, 1.165) is 17.9 Å². The first-order valence-electron chi connectivity index (χ1n) is 6.51. The van der Waals surface area contributed by atoms with Crippen molar-refractivity contribution in [2.24, 2.45) is 0 Å². The van der Waals surface area contributed by atoms with Gasteiger partial charge in [0.1, 0.15) is 5.75 Å². The molecule has 1 atom stereocenters. The minimum absolute atomic E-state index is 0.450. The van der Waals surface area contributed by atoms with E-state index in [1.165, 1.54) is 11.3 Å². The Morgan fingerprint density at radius 3 is 2.79 bits per heavy atom. The third-order valence-corrected chi connectivity index (χ3v) is 3.70. The van der Waals surface area contributed by atoms with Gasteiger partial charge in [-0.15, -0.1) is 0 Å². The van der Waals surface area contributed by atoms with Crippen LogP contribution in [0.4, 0.5) is 17.1 Å². The Hall–Kier alpha value is -2.16. The standard InChI is InChI=1S/C16H18N2O/c1-11-9-12-5-3-4-6-15(12)18(11)13-7-8-14(17)16(10-13)19-2/h3-8,10-11H,9,17H2,1-2H3. The molecular weight excluding hydrogens is 236 g/mol. The van der Waals surface area contributed by atoms with E-state index >= 15 is 0 Å². The molecule has 0 saturated heterocycles. The smallest absolute Gasteiger partial charge is 0.143 e. The van der Waals surface area contributed by atoms with Crippen molar-refractivity contribution in [3.63, 3.8) is 0 Å². The van der Waals surface area contributed by atoms with E-state index in [0.29, 0.717) is 11.7 Å². The summed E-state index contributed by atoms with van der Waals surface area (Å²) in [5.41, 5.74) is 10.4. The quantitative estimate of drug-likeness (QED) is 0.835. The second-order valence-corrected chi connectivity index (χ2v) is 4.98. The van der Waals surface area contributed by atoms with Gasteiger partial charge in [0.15, 0.2) is 0 Å². The Labute approximate surface area is 113 Å². The van der Waals surface area contributed by atoms with Gasteiger partial charge in [0.25, 0.3) is 0 Å². The van der Waals surface area contributed by atoms with Crippen LogP contribution >= 0.6 is 0 Å². The van der Waals surface area contributed by atoms with Gasteiger partial charge in [0.2, 0.25) is 0 Å². The van der Waals surface area contributed by atoms with Gasteiger partial charge in [-0.2, -0.15) is 0 Å². The van der Waals surface area contributed by atoms with E-state index in [9.17, 15) is 0 Å². The fraction of sp³-hybridized carbons (Fsp3) is 0.250. The molecule has 1 aliphatic rings. The number of ether oxygens (including phenoxy) is 1. The molecule has 0 amide bonds. The van der Waals surface area contributed by atoms with Gasteiger partial charge in [-0.1, -0.05) is 18.2 Å². The number of benzene rings is 2. The van der Waals surface area contributed by atoms with Crippen LogP contribution in [0.2, 0.25) is 0 Å². The zero-order valence-electron chi connectivity index (χ0n) is 11.3. The molecule has 0 aliphatic carbocycles. The maximum atomic E-state index is 5.88. The molecule has 2 N–H and O–H groups in total. The first-order valence-corrected chi connectivity index (χ1v) is 6.51. The van der Waals surface area contributed by atoms with Crippen molar-refractivity contribution in [1.29, 1.82) is 0 Å². The lowest BCUT2D eigenvalue weighted by atomic mass is 10.1. The van der Waals surface area contributed by atoms with Gasteiger partial charge in [-0.25, -0.2) is 0 Å². The molecule has 0 aromatic heterocycles. The SMILES string of the molecule is COc1cc(N2c3ccccc3CC2C)ccc1N. The molecule has 1 unspecified atom stereocenters. The molecule has 1 aliphatic heterocycles. The number of nitrogens with two attached hydrogens (primary N) is 1. The second-order valence-electron chi connectivity index (χ2n) is 4.98. The monoisotopic (exact) mass is 254 g/mol. The Kier molecular flexibility index (Phi) is 2.82.